The second-order valence-corrected chi connectivity index (χ2v) is 12.8. The summed E-state index contributed by atoms with van der Waals surface area (Å²) in [6.45, 7) is 15.6. The number of nitro groups is 1. The number of primary amides is 1. The van der Waals surface area contributed by atoms with E-state index in [4.69, 9.17) is 14.9 Å². The smallest absolute Gasteiger partial charge is 0.296 e. The van der Waals surface area contributed by atoms with Crippen LogP contribution < -0.4 is 15.8 Å². The number of benzene rings is 1. The number of nitrogens with two attached hydrogens (primary N) is 1. The summed E-state index contributed by atoms with van der Waals surface area (Å²) in [4.78, 5) is 22.4. The maximum atomic E-state index is 11.5. The van der Waals surface area contributed by atoms with E-state index < -0.39 is 19.1 Å². The van der Waals surface area contributed by atoms with Gasteiger partial charge in [-0.15, -0.1) is 6.58 Å². The van der Waals surface area contributed by atoms with E-state index in [0.29, 0.717) is 19.6 Å². The molecule has 0 aliphatic rings. The normalized spacial score (nSPS) is 11.8. The molecular weight excluding hydrogens is 378 g/mol. The number of nitro benzene ring substituents is 1. The van der Waals surface area contributed by atoms with Crippen LogP contribution in [0, 0.1) is 10.1 Å². The monoisotopic (exact) mass is 409 g/mol. The van der Waals surface area contributed by atoms with Crippen LogP contribution in [-0.4, -0.2) is 38.9 Å². The molecule has 0 spiro atoms. The summed E-state index contributed by atoms with van der Waals surface area (Å²) in [6, 6.07) is 2.55. The van der Waals surface area contributed by atoms with Crippen LogP contribution in [0.3, 0.4) is 0 Å². The summed E-state index contributed by atoms with van der Waals surface area (Å²) in [6.07, 6.45) is 2.19. The Balaban J connectivity index is 2.91. The summed E-state index contributed by atoms with van der Waals surface area (Å²) >= 11 is 0. The molecule has 3 N–H and O–H groups in total. The van der Waals surface area contributed by atoms with Gasteiger partial charge < -0.3 is 20.2 Å². The van der Waals surface area contributed by atoms with E-state index in [2.05, 4.69) is 45.8 Å². The zero-order chi connectivity index (χ0) is 21.5. The first-order valence-corrected chi connectivity index (χ1v) is 12.1. The van der Waals surface area contributed by atoms with Crippen LogP contribution >= 0.6 is 0 Å². The molecule has 0 unspecified atom stereocenters. The van der Waals surface area contributed by atoms with Crippen LogP contribution in [0.25, 0.3) is 0 Å². The third-order valence-electron chi connectivity index (χ3n) is 4.80. The highest BCUT2D eigenvalue weighted by atomic mass is 28.4. The summed E-state index contributed by atoms with van der Waals surface area (Å²) in [7, 11) is -1.84. The standard InChI is InChI=1S/C19H31N3O5Si/c1-7-9-21-17-15(22(24)25)12-14(18(20)23)13-16(17)26-10-8-11-27-28(5,6)19(2,3)4/h7,12-13,21H,1,8-11H2,2-6H3,(H2,20,23). The van der Waals surface area contributed by atoms with E-state index in [1.807, 2.05) is 0 Å². The summed E-state index contributed by atoms with van der Waals surface area (Å²) in [5.74, 6) is -0.554. The zero-order valence-corrected chi connectivity index (χ0v) is 18.3. The largest absolute Gasteiger partial charge is 0.491 e. The topological polar surface area (TPSA) is 117 Å². The van der Waals surface area contributed by atoms with E-state index >= 15 is 0 Å². The van der Waals surface area contributed by atoms with Crippen molar-refractivity contribution >= 4 is 25.6 Å². The number of rotatable bonds is 11. The third kappa shape index (κ3) is 6.34. The SMILES string of the molecule is C=CCNc1c(OCCCO[Si](C)(C)C(C)(C)C)cc(C(N)=O)cc1[N+](=O)[O-]. The fourth-order valence-electron chi connectivity index (χ4n) is 2.14. The average Bonchev–Trinajstić information content (AvgIpc) is 2.58. The molecule has 28 heavy (non-hydrogen) atoms. The number of hydrogen-bond acceptors (Lipinski definition) is 6. The molecule has 0 aromatic heterocycles. The maximum absolute atomic E-state index is 11.5. The number of ether oxygens (including phenoxy) is 1. The highest BCUT2D eigenvalue weighted by molar-refractivity contribution is 6.74. The van der Waals surface area contributed by atoms with Gasteiger partial charge in [0.1, 0.15) is 5.75 Å². The Hall–Kier alpha value is -2.39. The van der Waals surface area contributed by atoms with E-state index in [1.165, 1.54) is 6.07 Å². The molecule has 1 amide bonds. The molecule has 1 aromatic rings. The number of amides is 1. The highest BCUT2D eigenvalue weighted by Gasteiger charge is 2.36. The van der Waals surface area contributed by atoms with E-state index in [0.717, 1.165) is 6.07 Å². The van der Waals surface area contributed by atoms with Crippen LogP contribution in [0.2, 0.25) is 18.1 Å². The molecule has 0 aliphatic carbocycles. The summed E-state index contributed by atoms with van der Waals surface area (Å²) < 4.78 is 11.8. The van der Waals surface area contributed by atoms with Crippen molar-refractivity contribution in [2.75, 3.05) is 25.1 Å². The second kappa shape index (κ2) is 9.70. The molecule has 156 valence electrons. The van der Waals surface area contributed by atoms with Crippen molar-refractivity contribution in [2.24, 2.45) is 5.73 Å². The van der Waals surface area contributed by atoms with Crippen molar-refractivity contribution < 1.29 is 18.9 Å². The lowest BCUT2D eigenvalue weighted by atomic mass is 10.1. The number of nitrogens with zero attached hydrogens (tertiary/aromatic N) is 1. The van der Waals surface area contributed by atoms with E-state index in [1.54, 1.807) is 6.08 Å². The number of hydrogen-bond donors (Lipinski definition) is 2. The van der Waals surface area contributed by atoms with Gasteiger partial charge in [-0.05, 0) is 24.2 Å². The Kier molecular flexibility index (Phi) is 8.19. The zero-order valence-electron chi connectivity index (χ0n) is 17.3. The van der Waals surface area contributed by atoms with Gasteiger partial charge >= 0.3 is 0 Å². The van der Waals surface area contributed by atoms with Crippen LogP contribution in [0.5, 0.6) is 5.75 Å². The van der Waals surface area contributed by atoms with Crippen molar-refractivity contribution in [3.63, 3.8) is 0 Å². The van der Waals surface area contributed by atoms with Crippen LogP contribution in [-0.2, 0) is 4.43 Å². The first kappa shape index (κ1) is 23.6. The lowest BCUT2D eigenvalue weighted by Crippen LogP contribution is -2.41. The third-order valence-corrected chi connectivity index (χ3v) is 9.34. The van der Waals surface area contributed by atoms with Gasteiger partial charge in [0.25, 0.3) is 5.69 Å². The fraction of sp³-hybridized carbons (Fsp3) is 0.526. The molecule has 0 saturated heterocycles. The number of anilines is 1. The van der Waals surface area contributed by atoms with E-state index in [9.17, 15) is 14.9 Å². The molecule has 0 aliphatic heterocycles. The van der Waals surface area contributed by atoms with Crippen molar-refractivity contribution in [3.05, 3.63) is 40.5 Å². The first-order valence-electron chi connectivity index (χ1n) is 9.14. The first-order chi connectivity index (χ1) is 12.9. The van der Waals surface area contributed by atoms with Crippen molar-refractivity contribution in [1.82, 2.24) is 0 Å². The lowest BCUT2D eigenvalue weighted by molar-refractivity contribution is -0.384. The van der Waals surface area contributed by atoms with Crippen molar-refractivity contribution in [2.45, 2.75) is 45.3 Å². The molecule has 1 aromatic carbocycles. The second-order valence-electron chi connectivity index (χ2n) is 7.97. The van der Waals surface area contributed by atoms with Gasteiger partial charge in [-0.25, -0.2) is 0 Å². The van der Waals surface area contributed by atoms with Crippen molar-refractivity contribution in [3.8, 4) is 5.75 Å². The number of carbonyl (C=O) groups excluding carboxylic acids is 1. The van der Waals surface area contributed by atoms with Gasteiger partial charge in [-0.3, -0.25) is 14.9 Å². The Bertz CT molecular complexity index is 729. The Labute approximate surface area is 167 Å². The molecule has 8 nitrogen and oxygen atoms in total. The average molecular weight is 410 g/mol. The number of carbonyl (C=O) groups is 1. The Morgan fingerprint density at radius 3 is 2.50 bits per heavy atom. The molecule has 9 heteroatoms. The van der Waals surface area contributed by atoms with Gasteiger partial charge in [-0.2, -0.15) is 0 Å². The molecule has 1 rings (SSSR count). The number of nitrogens with one attached hydrogen (secondary N) is 1. The van der Waals surface area contributed by atoms with Crippen LogP contribution in [0.1, 0.15) is 37.6 Å². The van der Waals surface area contributed by atoms with Crippen LogP contribution in [0.15, 0.2) is 24.8 Å². The molecule has 0 bridgehead atoms. The Morgan fingerprint density at radius 1 is 1.36 bits per heavy atom. The lowest BCUT2D eigenvalue weighted by Gasteiger charge is -2.36. The van der Waals surface area contributed by atoms with Gasteiger partial charge in [0.2, 0.25) is 5.91 Å². The minimum Gasteiger partial charge on any atom is -0.491 e. The molecular formula is C19H31N3O5Si. The maximum Gasteiger partial charge on any atom is 0.296 e. The van der Waals surface area contributed by atoms with E-state index in [-0.39, 0.29) is 34.3 Å². The van der Waals surface area contributed by atoms with Gasteiger partial charge in [0, 0.05) is 31.2 Å². The highest BCUT2D eigenvalue weighted by Crippen LogP contribution is 2.37. The van der Waals surface area contributed by atoms with Gasteiger partial charge in [-0.1, -0.05) is 26.8 Å². The molecule has 0 saturated carbocycles. The molecule has 0 fully saturated rings. The molecule has 0 atom stereocenters. The molecule has 0 radical (unpaired) electrons. The summed E-state index contributed by atoms with van der Waals surface area (Å²) in [5.41, 5.74) is 5.24. The fourth-order valence-corrected chi connectivity index (χ4v) is 3.23. The quantitative estimate of drug-likeness (QED) is 0.187. The summed E-state index contributed by atoms with van der Waals surface area (Å²) in [5, 5.41) is 14.4. The van der Waals surface area contributed by atoms with Crippen molar-refractivity contribution in [1.29, 1.82) is 0 Å². The minimum atomic E-state index is -1.84. The van der Waals surface area contributed by atoms with Crippen LogP contribution in [0.4, 0.5) is 11.4 Å². The molecule has 0 heterocycles. The van der Waals surface area contributed by atoms with Gasteiger partial charge in [0.15, 0.2) is 14.0 Å². The minimum absolute atomic E-state index is 0.0170. The predicted molar refractivity (Wildman–Crippen MR) is 114 cm³/mol. The Morgan fingerprint density at radius 2 is 2.00 bits per heavy atom. The van der Waals surface area contributed by atoms with Gasteiger partial charge in [0.05, 0.1) is 11.5 Å². The predicted octanol–water partition coefficient (Wildman–Crippen LogP) is 4.08.